The standard InChI is InChI=1S/C16H23NO5/c1-10(2)7-11(16(19)20)9-17-15(18)13-8-12(21-3)5-6-14(13)22-4/h5-6,8,10-11H,7,9H2,1-4H3,(H,17,18)(H,19,20). The first-order valence-electron chi connectivity index (χ1n) is 7.12. The van der Waals surface area contributed by atoms with Crippen LogP contribution in [0.3, 0.4) is 0 Å². The van der Waals surface area contributed by atoms with Crippen LogP contribution in [0.1, 0.15) is 30.6 Å². The van der Waals surface area contributed by atoms with E-state index in [1.807, 2.05) is 13.8 Å². The summed E-state index contributed by atoms with van der Waals surface area (Å²) in [5.74, 6) is -0.723. The summed E-state index contributed by atoms with van der Waals surface area (Å²) in [5, 5.41) is 11.8. The van der Waals surface area contributed by atoms with E-state index in [1.165, 1.54) is 14.2 Å². The van der Waals surface area contributed by atoms with E-state index in [4.69, 9.17) is 9.47 Å². The quantitative estimate of drug-likeness (QED) is 0.769. The highest BCUT2D eigenvalue weighted by molar-refractivity contribution is 5.97. The molecule has 0 aromatic heterocycles. The van der Waals surface area contributed by atoms with Crippen LogP contribution in [-0.4, -0.2) is 37.7 Å². The maximum Gasteiger partial charge on any atom is 0.308 e. The summed E-state index contributed by atoms with van der Waals surface area (Å²) in [7, 11) is 2.98. The minimum Gasteiger partial charge on any atom is -0.497 e. The van der Waals surface area contributed by atoms with Crippen molar-refractivity contribution in [3.63, 3.8) is 0 Å². The summed E-state index contributed by atoms with van der Waals surface area (Å²) >= 11 is 0. The minimum absolute atomic E-state index is 0.0761. The normalized spacial score (nSPS) is 11.9. The smallest absolute Gasteiger partial charge is 0.308 e. The van der Waals surface area contributed by atoms with Crippen molar-refractivity contribution in [3.8, 4) is 11.5 Å². The van der Waals surface area contributed by atoms with Crippen LogP contribution in [0.5, 0.6) is 11.5 Å². The van der Waals surface area contributed by atoms with E-state index in [2.05, 4.69) is 5.32 Å². The molecule has 0 heterocycles. The molecule has 0 aliphatic heterocycles. The molecule has 0 aliphatic rings. The summed E-state index contributed by atoms with van der Waals surface area (Å²) in [4.78, 5) is 23.5. The molecule has 0 fully saturated rings. The SMILES string of the molecule is COc1ccc(OC)c(C(=O)NCC(CC(C)C)C(=O)O)c1. The molecule has 0 spiro atoms. The number of hydrogen-bond acceptors (Lipinski definition) is 4. The van der Waals surface area contributed by atoms with Gasteiger partial charge in [0.05, 0.1) is 25.7 Å². The van der Waals surface area contributed by atoms with Gasteiger partial charge in [0.15, 0.2) is 0 Å². The Balaban J connectivity index is 2.81. The number of carboxylic acid groups (broad SMARTS) is 1. The second-order valence-electron chi connectivity index (χ2n) is 5.44. The molecule has 0 bridgehead atoms. The maximum absolute atomic E-state index is 12.3. The van der Waals surface area contributed by atoms with Gasteiger partial charge < -0.3 is 19.9 Å². The maximum atomic E-state index is 12.3. The fourth-order valence-corrected chi connectivity index (χ4v) is 2.14. The summed E-state index contributed by atoms with van der Waals surface area (Å²) < 4.78 is 10.2. The van der Waals surface area contributed by atoms with Gasteiger partial charge in [-0.05, 0) is 30.5 Å². The van der Waals surface area contributed by atoms with Gasteiger partial charge >= 0.3 is 5.97 Å². The molecule has 1 unspecified atom stereocenters. The Kier molecular flexibility index (Phi) is 6.69. The molecule has 0 aliphatic carbocycles. The lowest BCUT2D eigenvalue weighted by atomic mass is 9.97. The second-order valence-corrected chi connectivity index (χ2v) is 5.44. The van der Waals surface area contributed by atoms with E-state index in [0.717, 1.165) is 0 Å². The fraction of sp³-hybridized carbons (Fsp3) is 0.500. The van der Waals surface area contributed by atoms with Crippen LogP contribution in [0, 0.1) is 11.8 Å². The number of nitrogens with one attached hydrogen (secondary N) is 1. The van der Waals surface area contributed by atoms with E-state index in [9.17, 15) is 14.7 Å². The van der Waals surface area contributed by atoms with Crippen LogP contribution < -0.4 is 14.8 Å². The average molecular weight is 309 g/mol. The zero-order valence-electron chi connectivity index (χ0n) is 13.4. The van der Waals surface area contributed by atoms with E-state index < -0.39 is 11.9 Å². The fourth-order valence-electron chi connectivity index (χ4n) is 2.14. The molecule has 1 rings (SSSR count). The topological polar surface area (TPSA) is 84.9 Å². The number of ether oxygens (including phenoxy) is 2. The van der Waals surface area contributed by atoms with Gasteiger partial charge in [0.25, 0.3) is 5.91 Å². The van der Waals surface area contributed by atoms with Crippen molar-refractivity contribution >= 4 is 11.9 Å². The largest absolute Gasteiger partial charge is 0.497 e. The van der Waals surface area contributed by atoms with Gasteiger partial charge in [0, 0.05) is 6.54 Å². The molecule has 1 aromatic rings. The number of aliphatic carboxylic acids is 1. The number of amides is 1. The number of carboxylic acids is 1. The molecule has 1 atom stereocenters. The predicted octanol–water partition coefficient (Wildman–Crippen LogP) is 2.18. The Bertz CT molecular complexity index is 527. The van der Waals surface area contributed by atoms with Crippen molar-refractivity contribution < 1.29 is 24.2 Å². The number of hydrogen-bond donors (Lipinski definition) is 2. The Labute approximate surface area is 130 Å². The molecule has 6 nitrogen and oxygen atoms in total. The van der Waals surface area contributed by atoms with Gasteiger partial charge in [-0.1, -0.05) is 13.8 Å². The van der Waals surface area contributed by atoms with Crippen molar-refractivity contribution in [2.24, 2.45) is 11.8 Å². The lowest BCUT2D eigenvalue weighted by molar-refractivity contribution is -0.142. The van der Waals surface area contributed by atoms with Crippen molar-refractivity contribution in [2.75, 3.05) is 20.8 Å². The van der Waals surface area contributed by atoms with Gasteiger partial charge in [0.2, 0.25) is 0 Å². The molecule has 0 saturated heterocycles. The Morgan fingerprint density at radius 3 is 2.41 bits per heavy atom. The first-order chi connectivity index (χ1) is 10.4. The van der Waals surface area contributed by atoms with Crippen molar-refractivity contribution in [2.45, 2.75) is 20.3 Å². The van der Waals surface area contributed by atoms with Crippen molar-refractivity contribution in [1.82, 2.24) is 5.32 Å². The van der Waals surface area contributed by atoms with Crippen molar-refractivity contribution in [1.29, 1.82) is 0 Å². The summed E-state index contributed by atoms with van der Waals surface area (Å²) in [5.41, 5.74) is 0.315. The lowest BCUT2D eigenvalue weighted by Crippen LogP contribution is -2.33. The number of carbonyl (C=O) groups is 2. The third-order valence-electron chi connectivity index (χ3n) is 3.27. The average Bonchev–Trinajstić information content (AvgIpc) is 2.49. The predicted molar refractivity (Wildman–Crippen MR) is 82.5 cm³/mol. The number of rotatable bonds is 8. The summed E-state index contributed by atoms with van der Waals surface area (Å²) in [6, 6.07) is 4.89. The van der Waals surface area contributed by atoms with E-state index in [1.54, 1.807) is 18.2 Å². The molecule has 1 aromatic carbocycles. The van der Waals surface area contributed by atoms with Gasteiger partial charge in [-0.2, -0.15) is 0 Å². The summed E-state index contributed by atoms with van der Waals surface area (Å²) in [6.45, 7) is 3.97. The van der Waals surface area contributed by atoms with Crippen LogP contribution in [0.2, 0.25) is 0 Å². The molecule has 6 heteroatoms. The lowest BCUT2D eigenvalue weighted by Gasteiger charge is -2.16. The highest BCUT2D eigenvalue weighted by Gasteiger charge is 2.21. The van der Waals surface area contributed by atoms with Gasteiger partial charge in [-0.25, -0.2) is 0 Å². The minimum atomic E-state index is -0.911. The third-order valence-corrected chi connectivity index (χ3v) is 3.27. The van der Waals surface area contributed by atoms with Gasteiger partial charge in [0.1, 0.15) is 11.5 Å². The molecule has 22 heavy (non-hydrogen) atoms. The van der Waals surface area contributed by atoms with E-state index in [-0.39, 0.29) is 18.4 Å². The zero-order valence-corrected chi connectivity index (χ0v) is 13.4. The molecule has 122 valence electrons. The first-order valence-corrected chi connectivity index (χ1v) is 7.12. The number of benzene rings is 1. The molecule has 1 amide bonds. The van der Waals surface area contributed by atoms with Crippen LogP contribution in [0.25, 0.3) is 0 Å². The number of carbonyl (C=O) groups excluding carboxylic acids is 1. The second kappa shape index (κ2) is 8.26. The Morgan fingerprint density at radius 2 is 1.91 bits per heavy atom. The molecular weight excluding hydrogens is 286 g/mol. The number of methoxy groups -OCH3 is 2. The third kappa shape index (κ3) is 4.95. The molecule has 0 saturated carbocycles. The molecule has 0 radical (unpaired) electrons. The zero-order chi connectivity index (χ0) is 16.7. The molecular formula is C16H23NO5. The Morgan fingerprint density at radius 1 is 1.23 bits per heavy atom. The Hall–Kier alpha value is -2.24. The van der Waals surface area contributed by atoms with Crippen LogP contribution in [0.15, 0.2) is 18.2 Å². The van der Waals surface area contributed by atoms with Crippen molar-refractivity contribution in [3.05, 3.63) is 23.8 Å². The van der Waals surface area contributed by atoms with E-state index >= 15 is 0 Å². The van der Waals surface area contributed by atoms with Crippen LogP contribution >= 0.6 is 0 Å². The highest BCUT2D eigenvalue weighted by atomic mass is 16.5. The van der Waals surface area contributed by atoms with Crippen LogP contribution in [0.4, 0.5) is 0 Å². The van der Waals surface area contributed by atoms with Crippen LogP contribution in [-0.2, 0) is 4.79 Å². The first kappa shape index (κ1) is 17.8. The summed E-state index contributed by atoms with van der Waals surface area (Å²) in [6.07, 6.45) is 0.505. The van der Waals surface area contributed by atoms with Gasteiger partial charge in [-0.3, -0.25) is 9.59 Å². The molecule has 2 N–H and O–H groups in total. The van der Waals surface area contributed by atoms with E-state index in [0.29, 0.717) is 23.5 Å². The van der Waals surface area contributed by atoms with Gasteiger partial charge in [-0.15, -0.1) is 0 Å². The highest BCUT2D eigenvalue weighted by Crippen LogP contribution is 2.24. The monoisotopic (exact) mass is 309 g/mol.